The predicted octanol–water partition coefficient (Wildman–Crippen LogP) is 5.31. The van der Waals surface area contributed by atoms with Crippen LogP contribution >= 0.6 is 0 Å². The van der Waals surface area contributed by atoms with Gasteiger partial charge in [0, 0.05) is 26.6 Å². The van der Waals surface area contributed by atoms with E-state index in [1.807, 2.05) is 12.2 Å². The lowest BCUT2D eigenvalue weighted by atomic mass is 10.2. The summed E-state index contributed by atoms with van der Waals surface area (Å²) >= 11 is 0. The summed E-state index contributed by atoms with van der Waals surface area (Å²) < 4.78 is 0. The highest BCUT2D eigenvalue weighted by atomic mass is 16.4. The summed E-state index contributed by atoms with van der Waals surface area (Å²) in [5.41, 5.74) is 0. The summed E-state index contributed by atoms with van der Waals surface area (Å²) in [6, 6.07) is 0. The topological polar surface area (TPSA) is 98.7 Å². The molecule has 3 N–H and O–H groups in total. The Bertz CT molecular complexity index is 764. The molecule has 0 fully saturated rings. The predicted molar refractivity (Wildman–Crippen MR) is 144 cm³/mol. The molecule has 3 amide bonds. The Morgan fingerprint density at radius 1 is 0.657 bits per heavy atom. The third kappa shape index (κ3) is 23.6. The van der Waals surface area contributed by atoms with Gasteiger partial charge in [-0.05, 0) is 44.9 Å². The van der Waals surface area contributed by atoms with Crippen LogP contribution in [0.4, 0.5) is 4.79 Å². The van der Waals surface area contributed by atoms with E-state index in [1.165, 1.54) is 7.05 Å². The summed E-state index contributed by atoms with van der Waals surface area (Å²) in [6.45, 7) is 2.48. The van der Waals surface area contributed by atoms with Crippen molar-refractivity contribution in [3.05, 3.63) is 72.9 Å². The first-order valence-corrected chi connectivity index (χ1v) is 12.3. The van der Waals surface area contributed by atoms with Crippen molar-refractivity contribution in [2.45, 2.75) is 58.3 Å². The van der Waals surface area contributed by atoms with Crippen LogP contribution in [-0.4, -0.2) is 54.6 Å². The van der Waals surface area contributed by atoms with Crippen LogP contribution in [0.25, 0.3) is 0 Å². The second-order valence-corrected chi connectivity index (χ2v) is 7.79. The number of amides is 3. The van der Waals surface area contributed by atoms with Gasteiger partial charge in [-0.25, -0.2) is 4.79 Å². The zero-order chi connectivity index (χ0) is 26.0. The second kappa shape index (κ2) is 23.8. The summed E-state index contributed by atoms with van der Waals surface area (Å²) in [6.07, 6.45) is 31.4. The Labute approximate surface area is 211 Å². The summed E-state index contributed by atoms with van der Waals surface area (Å²) in [5, 5.41) is 14.0. The van der Waals surface area contributed by atoms with E-state index in [0.717, 1.165) is 43.4 Å². The molecule has 0 bridgehead atoms. The molecule has 0 rings (SSSR count). The highest BCUT2D eigenvalue weighted by molar-refractivity contribution is 5.81. The van der Waals surface area contributed by atoms with Crippen LogP contribution in [0.1, 0.15) is 58.3 Å². The highest BCUT2D eigenvalue weighted by Crippen LogP contribution is 1.97. The second-order valence-electron chi connectivity index (χ2n) is 7.79. The zero-order valence-electron chi connectivity index (χ0n) is 21.3. The van der Waals surface area contributed by atoms with E-state index in [-0.39, 0.29) is 19.0 Å². The standard InChI is InChI=1S/C28H43N3O4/c1-3-4-5-6-7-8-9-10-11-12-13-14-15-16-17-18-19-20-21-22-26(32)29-23-24-30-27(33)25-31(2)28(34)35/h4-5,7-8,10-11,13-14,16-17,19-20H,3,6,9,12,15,18,21-25H2,1-2H3,(H,29,32)(H,30,33)(H,34,35)/b5-4-,8-7-,11-10-,14-13-,17-16-,20-19-. The maximum Gasteiger partial charge on any atom is 0.407 e. The quantitative estimate of drug-likeness (QED) is 0.171. The number of carbonyl (C=O) groups is 3. The Kier molecular flexibility index (Phi) is 21.5. The van der Waals surface area contributed by atoms with E-state index >= 15 is 0 Å². The summed E-state index contributed by atoms with van der Waals surface area (Å²) in [5.74, 6) is -0.483. The molecule has 0 saturated carbocycles. The van der Waals surface area contributed by atoms with Gasteiger partial charge in [0.1, 0.15) is 6.54 Å². The van der Waals surface area contributed by atoms with Crippen molar-refractivity contribution in [3.8, 4) is 0 Å². The molecule has 0 aromatic heterocycles. The normalized spacial score (nSPS) is 12.2. The summed E-state index contributed by atoms with van der Waals surface area (Å²) in [7, 11) is 1.32. The van der Waals surface area contributed by atoms with E-state index in [0.29, 0.717) is 19.4 Å². The maximum atomic E-state index is 11.8. The minimum atomic E-state index is -1.16. The monoisotopic (exact) mass is 485 g/mol. The zero-order valence-corrected chi connectivity index (χ0v) is 21.3. The van der Waals surface area contributed by atoms with Crippen molar-refractivity contribution in [3.63, 3.8) is 0 Å². The van der Waals surface area contributed by atoms with Gasteiger partial charge < -0.3 is 20.6 Å². The largest absolute Gasteiger partial charge is 0.465 e. The number of likely N-dealkylation sites (N-methyl/N-ethyl adjacent to an activating group) is 1. The Hall–Kier alpha value is -3.35. The molecular weight excluding hydrogens is 442 g/mol. The molecule has 0 aliphatic rings. The molecule has 0 spiro atoms. The van der Waals surface area contributed by atoms with E-state index in [1.54, 1.807) is 0 Å². The number of carbonyl (C=O) groups excluding carboxylic acids is 2. The molecule has 0 aromatic rings. The molecule has 0 aromatic carbocycles. The van der Waals surface area contributed by atoms with Crippen LogP contribution in [0.15, 0.2) is 72.9 Å². The van der Waals surface area contributed by atoms with Gasteiger partial charge in [0.15, 0.2) is 0 Å². The van der Waals surface area contributed by atoms with Crippen LogP contribution in [0.3, 0.4) is 0 Å². The van der Waals surface area contributed by atoms with Gasteiger partial charge in [-0.15, -0.1) is 0 Å². The van der Waals surface area contributed by atoms with Crippen molar-refractivity contribution in [1.29, 1.82) is 0 Å². The number of allylic oxidation sites excluding steroid dienone is 12. The van der Waals surface area contributed by atoms with Gasteiger partial charge in [0.2, 0.25) is 11.8 Å². The molecular formula is C28H43N3O4. The lowest BCUT2D eigenvalue weighted by molar-refractivity contribution is -0.123. The molecule has 0 atom stereocenters. The van der Waals surface area contributed by atoms with Crippen molar-refractivity contribution >= 4 is 17.9 Å². The minimum Gasteiger partial charge on any atom is -0.465 e. The fourth-order valence-corrected chi connectivity index (χ4v) is 2.69. The van der Waals surface area contributed by atoms with Gasteiger partial charge in [-0.1, -0.05) is 79.8 Å². The first kappa shape index (κ1) is 31.6. The molecule has 7 heteroatoms. The highest BCUT2D eigenvalue weighted by Gasteiger charge is 2.10. The molecule has 7 nitrogen and oxygen atoms in total. The van der Waals surface area contributed by atoms with Crippen LogP contribution in [-0.2, 0) is 9.59 Å². The Balaban J connectivity index is 3.65. The van der Waals surface area contributed by atoms with Crippen molar-refractivity contribution in [2.24, 2.45) is 0 Å². The lowest BCUT2D eigenvalue weighted by Gasteiger charge is -2.12. The van der Waals surface area contributed by atoms with Crippen LogP contribution in [0, 0.1) is 0 Å². The van der Waals surface area contributed by atoms with Crippen molar-refractivity contribution < 1.29 is 19.5 Å². The van der Waals surface area contributed by atoms with Gasteiger partial charge in [-0.2, -0.15) is 0 Å². The molecule has 0 saturated heterocycles. The molecule has 194 valence electrons. The number of hydrogen-bond donors (Lipinski definition) is 3. The van der Waals surface area contributed by atoms with Gasteiger partial charge in [0.05, 0.1) is 0 Å². The molecule has 0 aliphatic heterocycles. The van der Waals surface area contributed by atoms with Gasteiger partial charge in [-0.3, -0.25) is 9.59 Å². The SMILES string of the molecule is CC/C=C\C/C=C\C/C=C\C/C=C\C/C=C\C/C=C\CCC(=O)NCCNC(=O)CN(C)C(=O)O. The van der Waals surface area contributed by atoms with E-state index in [2.05, 4.69) is 78.3 Å². The summed E-state index contributed by atoms with van der Waals surface area (Å²) in [4.78, 5) is 34.8. The number of hydrogen-bond acceptors (Lipinski definition) is 3. The van der Waals surface area contributed by atoms with Gasteiger partial charge in [0.25, 0.3) is 0 Å². The van der Waals surface area contributed by atoms with E-state index in [9.17, 15) is 14.4 Å². The van der Waals surface area contributed by atoms with Crippen LogP contribution in [0.5, 0.6) is 0 Å². The number of carboxylic acid groups (broad SMARTS) is 1. The average molecular weight is 486 g/mol. The Morgan fingerprint density at radius 3 is 1.49 bits per heavy atom. The van der Waals surface area contributed by atoms with Gasteiger partial charge >= 0.3 is 6.09 Å². The molecule has 0 radical (unpaired) electrons. The molecule has 0 heterocycles. The number of rotatable bonds is 19. The minimum absolute atomic E-state index is 0.0820. The molecule has 35 heavy (non-hydrogen) atoms. The van der Waals surface area contributed by atoms with Crippen LogP contribution < -0.4 is 10.6 Å². The maximum absolute atomic E-state index is 11.8. The van der Waals surface area contributed by atoms with E-state index < -0.39 is 12.0 Å². The van der Waals surface area contributed by atoms with E-state index in [4.69, 9.17) is 5.11 Å². The number of nitrogens with one attached hydrogen (secondary N) is 2. The third-order valence-electron chi connectivity index (χ3n) is 4.61. The molecule has 0 aliphatic carbocycles. The first-order chi connectivity index (χ1) is 17.0. The van der Waals surface area contributed by atoms with Crippen molar-refractivity contribution in [1.82, 2.24) is 15.5 Å². The Morgan fingerprint density at radius 2 is 1.06 bits per heavy atom. The lowest BCUT2D eigenvalue weighted by Crippen LogP contribution is -2.40. The fourth-order valence-electron chi connectivity index (χ4n) is 2.69. The molecule has 0 unspecified atom stereocenters. The van der Waals surface area contributed by atoms with Crippen LogP contribution in [0.2, 0.25) is 0 Å². The smallest absolute Gasteiger partial charge is 0.407 e. The fraction of sp³-hybridized carbons (Fsp3) is 0.464. The van der Waals surface area contributed by atoms with Crippen molar-refractivity contribution in [2.75, 3.05) is 26.7 Å². The first-order valence-electron chi connectivity index (χ1n) is 12.3. The third-order valence-corrected chi connectivity index (χ3v) is 4.61. The number of nitrogens with zero attached hydrogens (tertiary/aromatic N) is 1. The average Bonchev–Trinajstić information content (AvgIpc) is 2.83.